The molecular formula is C32H37N7O4S. The van der Waals surface area contributed by atoms with Gasteiger partial charge in [0.15, 0.2) is 12.0 Å². The molecule has 1 aliphatic carbocycles. The van der Waals surface area contributed by atoms with E-state index in [0.29, 0.717) is 29.7 Å². The molecule has 0 radical (unpaired) electrons. The molecular weight excluding hydrogens is 578 g/mol. The molecule has 2 N–H and O–H groups in total. The van der Waals surface area contributed by atoms with Gasteiger partial charge in [-0.25, -0.2) is 9.53 Å². The van der Waals surface area contributed by atoms with E-state index in [1.807, 2.05) is 67.9 Å². The molecule has 230 valence electrons. The highest BCUT2D eigenvalue weighted by atomic mass is 32.2. The van der Waals surface area contributed by atoms with Gasteiger partial charge in [-0.3, -0.25) is 9.36 Å². The maximum atomic E-state index is 13.4. The lowest BCUT2D eigenvalue weighted by molar-refractivity contribution is -0.122. The SMILES string of the molecule is [C-]#[N+]c1c(NC(=O)C(CC)Oc2ccc(C)cc2C)c(Oc2ccc(CSc3nnnn3C3CCCCC3)cc2)n(C)c1O. The number of ether oxygens (including phenoxy) is 2. The Kier molecular flexibility index (Phi) is 9.75. The van der Waals surface area contributed by atoms with Gasteiger partial charge in [0.05, 0.1) is 12.6 Å². The van der Waals surface area contributed by atoms with E-state index in [1.54, 1.807) is 18.8 Å². The summed E-state index contributed by atoms with van der Waals surface area (Å²) in [6.45, 7) is 13.4. The third kappa shape index (κ3) is 6.83. The Labute approximate surface area is 261 Å². The highest BCUT2D eigenvalue weighted by Crippen LogP contribution is 2.47. The number of tetrazole rings is 1. The van der Waals surface area contributed by atoms with Gasteiger partial charge in [0.25, 0.3) is 11.6 Å². The largest absolute Gasteiger partial charge is 0.503 e. The van der Waals surface area contributed by atoms with E-state index in [-0.39, 0.29) is 23.1 Å². The monoisotopic (exact) mass is 615 g/mol. The number of hydrogen-bond acceptors (Lipinski definition) is 8. The Morgan fingerprint density at radius 2 is 1.93 bits per heavy atom. The van der Waals surface area contributed by atoms with Gasteiger partial charge in [0.1, 0.15) is 17.2 Å². The van der Waals surface area contributed by atoms with Crippen molar-refractivity contribution in [2.75, 3.05) is 5.32 Å². The fourth-order valence-corrected chi connectivity index (χ4v) is 6.23. The van der Waals surface area contributed by atoms with Gasteiger partial charge >= 0.3 is 0 Å². The number of nitrogens with one attached hydrogen (secondary N) is 1. The molecule has 44 heavy (non-hydrogen) atoms. The molecule has 1 fully saturated rings. The number of aromatic nitrogens is 5. The fraction of sp³-hybridized carbons (Fsp3) is 0.406. The molecule has 4 aromatic rings. The first kappa shape index (κ1) is 30.9. The molecule has 0 saturated heterocycles. The highest BCUT2D eigenvalue weighted by molar-refractivity contribution is 7.98. The molecule has 12 heteroatoms. The molecule has 5 rings (SSSR count). The molecule has 1 atom stereocenters. The number of thioether (sulfide) groups is 1. The lowest BCUT2D eigenvalue weighted by Crippen LogP contribution is -2.32. The van der Waals surface area contributed by atoms with Crippen LogP contribution in [0.1, 0.15) is 68.2 Å². The van der Waals surface area contributed by atoms with Crippen molar-refractivity contribution in [1.29, 1.82) is 0 Å². The van der Waals surface area contributed by atoms with Gasteiger partial charge < -0.3 is 19.9 Å². The Morgan fingerprint density at radius 3 is 2.61 bits per heavy atom. The summed E-state index contributed by atoms with van der Waals surface area (Å²) in [6, 6.07) is 13.6. The van der Waals surface area contributed by atoms with Crippen LogP contribution in [0, 0.1) is 20.4 Å². The molecule has 0 spiro atoms. The predicted octanol–water partition coefficient (Wildman–Crippen LogP) is 7.27. The van der Waals surface area contributed by atoms with Crippen LogP contribution < -0.4 is 14.8 Å². The number of aryl methyl sites for hydroxylation is 2. The normalized spacial score (nSPS) is 14.2. The van der Waals surface area contributed by atoms with Crippen LogP contribution in [0.5, 0.6) is 23.3 Å². The van der Waals surface area contributed by atoms with Gasteiger partial charge in [-0.15, -0.1) is 5.10 Å². The van der Waals surface area contributed by atoms with Crippen LogP contribution in [-0.2, 0) is 17.6 Å². The Morgan fingerprint density at radius 1 is 1.18 bits per heavy atom. The van der Waals surface area contributed by atoms with Crippen LogP contribution in [0.25, 0.3) is 4.85 Å². The summed E-state index contributed by atoms with van der Waals surface area (Å²) in [5.74, 6) is 1.15. The molecule has 2 heterocycles. The number of carbonyl (C=O) groups excluding carboxylic acids is 1. The van der Waals surface area contributed by atoms with E-state index < -0.39 is 12.0 Å². The van der Waals surface area contributed by atoms with Crippen LogP contribution in [0.15, 0.2) is 47.6 Å². The van der Waals surface area contributed by atoms with E-state index in [1.165, 1.54) is 23.8 Å². The van der Waals surface area contributed by atoms with Crippen LogP contribution in [-0.4, -0.2) is 41.9 Å². The molecule has 1 unspecified atom stereocenters. The Bertz CT molecular complexity index is 1650. The van der Waals surface area contributed by atoms with Gasteiger partial charge in [0, 0.05) is 12.8 Å². The molecule has 1 saturated carbocycles. The van der Waals surface area contributed by atoms with Gasteiger partial charge in [-0.05, 0) is 72.9 Å². The summed E-state index contributed by atoms with van der Waals surface area (Å²) in [4.78, 5) is 16.8. The molecule has 1 aliphatic rings. The standard InChI is InChI=1S/C32H37N7O4S/c1-6-25(43-26-17-12-20(2)18-21(26)3)29(40)34-28-27(33-4)30(41)38(5)31(28)42-24-15-13-22(14-16-24)19-44-32-35-36-37-39(32)23-10-8-7-9-11-23/h12-18,23,25,41H,6-11,19H2,1-3,5H3,(H,34,40). The predicted molar refractivity (Wildman–Crippen MR) is 169 cm³/mol. The number of amides is 1. The molecule has 0 bridgehead atoms. The summed E-state index contributed by atoms with van der Waals surface area (Å²) in [5.41, 5.74) is 3.05. The van der Waals surface area contributed by atoms with Crippen molar-refractivity contribution in [2.45, 2.75) is 82.4 Å². The van der Waals surface area contributed by atoms with E-state index in [2.05, 4.69) is 25.7 Å². The zero-order valence-electron chi connectivity index (χ0n) is 25.4. The zero-order chi connectivity index (χ0) is 31.2. The van der Waals surface area contributed by atoms with E-state index in [9.17, 15) is 9.90 Å². The van der Waals surface area contributed by atoms with Crippen molar-refractivity contribution in [3.05, 3.63) is 70.6 Å². The van der Waals surface area contributed by atoms with Crippen LogP contribution in [0.2, 0.25) is 0 Å². The lowest BCUT2D eigenvalue weighted by atomic mass is 9.96. The number of hydrogen-bond donors (Lipinski definition) is 2. The number of benzene rings is 2. The summed E-state index contributed by atoms with van der Waals surface area (Å²) in [6.07, 6.45) is 5.47. The molecule has 11 nitrogen and oxygen atoms in total. The van der Waals surface area contributed by atoms with E-state index in [0.717, 1.165) is 34.7 Å². The smallest absolute Gasteiger partial charge is 0.273 e. The topological polar surface area (TPSA) is 121 Å². The molecule has 1 amide bonds. The third-order valence-corrected chi connectivity index (χ3v) is 8.80. The van der Waals surface area contributed by atoms with Crippen molar-refractivity contribution in [3.8, 4) is 23.3 Å². The summed E-state index contributed by atoms with van der Waals surface area (Å²) < 4.78 is 15.5. The quantitative estimate of drug-likeness (QED) is 0.134. The average molecular weight is 616 g/mol. The second kappa shape index (κ2) is 13.9. The van der Waals surface area contributed by atoms with E-state index in [4.69, 9.17) is 16.0 Å². The van der Waals surface area contributed by atoms with Crippen molar-refractivity contribution >= 4 is 29.0 Å². The molecule has 0 aliphatic heterocycles. The number of aromatic hydroxyl groups is 1. The van der Waals surface area contributed by atoms with Gasteiger partial charge in [-0.1, -0.05) is 67.8 Å². The van der Waals surface area contributed by atoms with E-state index >= 15 is 0 Å². The third-order valence-electron chi connectivity index (χ3n) is 7.80. The Balaban J connectivity index is 1.28. The maximum absolute atomic E-state index is 13.4. The average Bonchev–Trinajstić information content (AvgIpc) is 3.59. The van der Waals surface area contributed by atoms with Gasteiger partial charge in [0.2, 0.25) is 11.0 Å². The molecule has 2 aromatic carbocycles. The van der Waals surface area contributed by atoms with Crippen molar-refractivity contribution in [1.82, 2.24) is 24.8 Å². The van der Waals surface area contributed by atoms with Crippen molar-refractivity contribution < 1.29 is 19.4 Å². The second-order valence-electron chi connectivity index (χ2n) is 11.0. The highest BCUT2D eigenvalue weighted by Gasteiger charge is 2.28. The number of carbonyl (C=O) groups is 1. The molecule has 2 aromatic heterocycles. The van der Waals surface area contributed by atoms with Crippen molar-refractivity contribution in [3.63, 3.8) is 0 Å². The zero-order valence-corrected chi connectivity index (χ0v) is 26.2. The minimum Gasteiger partial charge on any atom is -0.503 e. The van der Waals surface area contributed by atoms with Crippen molar-refractivity contribution in [2.24, 2.45) is 7.05 Å². The number of rotatable bonds is 11. The minimum atomic E-state index is -0.818. The maximum Gasteiger partial charge on any atom is 0.273 e. The first-order valence-electron chi connectivity index (χ1n) is 14.8. The van der Waals surface area contributed by atoms with Gasteiger partial charge in [-0.2, -0.15) is 0 Å². The number of nitrogens with zero attached hydrogens (tertiary/aromatic N) is 6. The van der Waals surface area contributed by atoms with Crippen LogP contribution >= 0.6 is 11.8 Å². The fourth-order valence-electron chi connectivity index (χ4n) is 5.33. The summed E-state index contributed by atoms with van der Waals surface area (Å²) in [7, 11) is 1.57. The minimum absolute atomic E-state index is 0.0851. The Hall–Kier alpha value is -4.50. The first-order chi connectivity index (χ1) is 21.3. The van der Waals surface area contributed by atoms with Crippen LogP contribution in [0.4, 0.5) is 11.4 Å². The summed E-state index contributed by atoms with van der Waals surface area (Å²) >= 11 is 1.59. The summed E-state index contributed by atoms with van der Waals surface area (Å²) in [5, 5.41) is 26.7. The lowest BCUT2D eigenvalue weighted by Gasteiger charge is -2.21. The second-order valence-corrected chi connectivity index (χ2v) is 12.0. The van der Waals surface area contributed by atoms with Crippen LogP contribution in [0.3, 0.4) is 0 Å². The first-order valence-corrected chi connectivity index (χ1v) is 15.8. The number of anilines is 1.